The third-order valence-corrected chi connectivity index (χ3v) is 0.357. The topological polar surface area (TPSA) is 57.5 Å². The summed E-state index contributed by atoms with van der Waals surface area (Å²) in [7, 11) is 0. The van der Waals surface area contributed by atoms with Crippen LogP contribution in [0.25, 0.3) is 0 Å². The van der Waals surface area contributed by atoms with Gasteiger partial charge in [-0.05, 0) is 6.92 Å². The van der Waals surface area contributed by atoms with Crippen molar-refractivity contribution in [1.82, 2.24) is 0 Å². The van der Waals surface area contributed by atoms with Gasteiger partial charge in [0.05, 0.1) is 0 Å². The molecule has 0 aliphatic rings. The molecule has 0 saturated carbocycles. The van der Waals surface area contributed by atoms with Crippen LogP contribution in [0.4, 0.5) is 0 Å². The molecule has 0 aromatic heterocycles. The second kappa shape index (κ2) is 4.26. The van der Waals surface area contributed by atoms with Crippen molar-refractivity contribution >= 4 is 5.97 Å². The SMILES string of the molecule is CC(O)C(=O)O.[Pd]. The molecule has 0 saturated heterocycles. The van der Waals surface area contributed by atoms with E-state index in [1.807, 2.05) is 0 Å². The summed E-state index contributed by atoms with van der Waals surface area (Å²) >= 11 is 0. The summed E-state index contributed by atoms with van der Waals surface area (Å²) < 4.78 is 0. The molecule has 0 radical (unpaired) electrons. The molecule has 7 heavy (non-hydrogen) atoms. The van der Waals surface area contributed by atoms with Crippen LogP contribution in [0, 0.1) is 0 Å². The van der Waals surface area contributed by atoms with Crippen molar-refractivity contribution in [2.24, 2.45) is 0 Å². The maximum Gasteiger partial charge on any atom is 0.332 e. The van der Waals surface area contributed by atoms with Crippen LogP contribution in [0.15, 0.2) is 0 Å². The zero-order valence-corrected chi connectivity index (χ0v) is 5.25. The summed E-state index contributed by atoms with van der Waals surface area (Å²) in [6.07, 6.45) is -1.23. The number of rotatable bonds is 1. The van der Waals surface area contributed by atoms with Gasteiger partial charge < -0.3 is 10.2 Å². The molecule has 0 rings (SSSR count). The average molecular weight is 196 g/mol. The fraction of sp³-hybridized carbons (Fsp3) is 0.667. The second-order valence-corrected chi connectivity index (χ2v) is 1.01. The molecule has 4 heteroatoms. The monoisotopic (exact) mass is 196 g/mol. The standard InChI is InChI=1S/C3H6O3.Pd/c1-2(4)3(5)6;/h2,4H,1H3,(H,5,6);. The first-order valence-electron chi connectivity index (χ1n) is 1.55. The summed E-state index contributed by atoms with van der Waals surface area (Å²) in [6.45, 7) is 1.20. The summed E-state index contributed by atoms with van der Waals surface area (Å²) in [5, 5.41) is 15.8. The number of carbonyl (C=O) groups is 1. The van der Waals surface area contributed by atoms with E-state index in [9.17, 15) is 4.79 Å². The van der Waals surface area contributed by atoms with Crippen molar-refractivity contribution < 1.29 is 35.4 Å². The van der Waals surface area contributed by atoms with Gasteiger partial charge in [0.15, 0.2) is 0 Å². The maximum atomic E-state index is 9.45. The normalized spacial score (nSPS) is 11.7. The van der Waals surface area contributed by atoms with E-state index in [1.54, 1.807) is 0 Å². The predicted octanol–water partition coefficient (Wildman–Crippen LogP) is -0.551. The molecule has 46 valence electrons. The third-order valence-electron chi connectivity index (χ3n) is 0.357. The quantitative estimate of drug-likeness (QED) is 0.554. The number of hydrogen-bond acceptors (Lipinski definition) is 2. The number of hydrogen-bond donors (Lipinski definition) is 2. The van der Waals surface area contributed by atoms with Gasteiger partial charge in [0.25, 0.3) is 0 Å². The number of carboxylic acid groups (broad SMARTS) is 1. The van der Waals surface area contributed by atoms with Crippen LogP contribution >= 0.6 is 0 Å². The number of carboxylic acids is 1. The first-order chi connectivity index (χ1) is 2.64. The van der Waals surface area contributed by atoms with E-state index in [0.29, 0.717) is 0 Å². The first-order valence-corrected chi connectivity index (χ1v) is 1.55. The van der Waals surface area contributed by atoms with E-state index in [0.717, 1.165) is 0 Å². The van der Waals surface area contributed by atoms with Crippen molar-refractivity contribution in [3.63, 3.8) is 0 Å². The zero-order chi connectivity index (χ0) is 5.15. The van der Waals surface area contributed by atoms with Gasteiger partial charge in [0.1, 0.15) is 6.10 Å². The molecular weight excluding hydrogens is 190 g/mol. The Balaban J connectivity index is 0. The minimum Gasteiger partial charge on any atom is -0.479 e. The number of aliphatic hydroxyl groups excluding tert-OH is 1. The molecule has 0 aliphatic carbocycles. The fourth-order valence-corrected chi connectivity index (χ4v) is 0. The zero-order valence-electron chi connectivity index (χ0n) is 3.70. The van der Waals surface area contributed by atoms with E-state index < -0.39 is 12.1 Å². The van der Waals surface area contributed by atoms with Gasteiger partial charge in [-0.2, -0.15) is 0 Å². The molecule has 0 heterocycles. The summed E-state index contributed by atoms with van der Waals surface area (Å²) in [6, 6.07) is 0. The third kappa shape index (κ3) is 6.09. The molecule has 1 unspecified atom stereocenters. The van der Waals surface area contributed by atoms with Gasteiger partial charge in [-0.15, -0.1) is 0 Å². The van der Waals surface area contributed by atoms with E-state index in [1.165, 1.54) is 6.92 Å². The second-order valence-electron chi connectivity index (χ2n) is 1.01. The number of aliphatic hydroxyl groups is 1. The Bertz CT molecular complexity index is 61.2. The Labute approximate surface area is 55.0 Å². The van der Waals surface area contributed by atoms with E-state index in [-0.39, 0.29) is 20.4 Å². The summed E-state index contributed by atoms with van der Waals surface area (Å²) in [5.41, 5.74) is 0. The van der Waals surface area contributed by atoms with Crippen LogP contribution in [-0.2, 0) is 25.2 Å². The van der Waals surface area contributed by atoms with E-state index in [4.69, 9.17) is 10.2 Å². The Morgan fingerprint density at radius 1 is 1.71 bits per heavy atom. The van der Waals surface area contributed by atoms with Gasteiger partial charge >= 0.3 is 5.97 Å². The van der Waals surface area contributed by atoms with Crippen LogP contribution in [0.2, 0.25) is 0 Å². The van der Waals surface area contributed by atoms with Crippen LogP contribution in [-0.4, -0.2) is 22.3 Å². The minimum atomic E-state index is -1.23. The van der Waals surface area contributed by atoms with Gasteiger partial charge in [-0.3, -0.25) is 0 Å². The Morgan fingerprint density at radius 3 is 1.86 bits per heavy atom. The minimum absolute atomic E-state index is 0. The molecular formula is C3H6O3Pd. The number of aliphatic carboxylic acids is 1. The smallest absolute Gasteiger partial charge is 0.332 e. The van der Waals surface area contributed by atoms with Gasteiger partial charge in [0.2, 0.25) is 0 Å². The Hall–Kier alpha value is 0.0923. The predicted molar refractivity (Wildman–Crippen MR) is 19.3 cm³/mol. The molecule has 0 fully saturated rings. The molecule has 0 spiro atoms. The molecule has 0 aromatic rings. The molecule has 0 aromatic carbocycles. The van der Waals surface area contributed by atoms with E-state index >= 15 is 0 Å². The fourth-order valence-electron chi connectivity index (χ4n) is 0. The molecule has 0 amide bonds. The van der Waals surface area contributed by atoms with Crippen molar-refractivity contribution in [3.8, 4) is 0 Å². The molecule has 1 atom stereocenters. The van der Waals surface area contributed by atoms with Crippen LogP contribution in [0.3, 0.4) is 0 Å². The van der Waals surface area contributed by atoms with Crippen LogP contribution in [0.5, 0.6) is 0 Å². The van der Waals surface area contributed by atoms with Gasteiger partial charge in [-0.25, -0.2) is 4.79 Å². The molecule has 2 N–H and O–H groups in total. The van der Waals surface area contributed by atoms with Crippen LogP contribution in [0.1, 0.15) is 6.92 Å². The summed E-state index contributed by atoms with van der Waals surface area (Å²) in [5.74, 6) is -1.19. The van der Waals surface area contributed by atoms with Gasteiger partial charge in [0, 0.05) is 20.4 Å². The van der Waals surface area contributed by atoms with Crippen molar-refractivity contribution in [3.05, 3.63) is 0 Å². The Kier molecular flexibility index (Phi) is 6.17. The molecule has 3 nitrogen and oxygen atoms in total. The average Bonchev–Trinajstić information content (AvgIpc) is 1.36. The largest absolute Gasteiger partial charge is 0.479 e. The Morgan fingerprint density at radius 2 is 1.86 bits per heavy atom. The van der Waals surface area contributed by atoms with E-state index in [2.05, 4.69) is 0 Å². The van der Waals surface area contributed by atoms with Crippen LogP contribution < -0.4 is 0 Å². The van der Waals surface area contributed by atoms with Crippen molar-refractivity contribution in [2.75, 3.05) is 0 Å². The summed E-state index contributed by atoms with van der Waals surface area (Å²) in [4.78, 5) is 9.45. The molecule has 0 bridgehead atoms. The van der Waals surface area contributed by atoms with Crippen molar-refractivity contribution in [2.45, 2.75) is 13.0 Å². The maximum absolute atomic E-state index is 9.45. The molecule has 0 aliphatic heterocycles. The first kappa shape index (κ1) is 10.2. The van der Waals surface area contributed by atoms with Crippen molar-refractivity contribution in [1.29, 1.82) is 0 Å². The van der Waals surface area contributed by atoms with Gasteiger partial charge in [-0.1, -0.05) is 0 Å².